The van der Waals surface area contributed by atoms with Crippen molar-refractivity contribution in [1.29, 1.82) is 0 Å². The van der Waals surface area contributed by atoms with Crippen molar-refractivity contribution in [2.24, 2.45) is 0 Å². The van der Waals surface area contributed by atoms with E-state index in [1.165, 1.54) is 25.6 Å². The van der Waals surface area contributed by atoms with Crippen molar-refractivity contribution in [3.63, 3.8) is 0 Å². The summed E-state index contributed by atoms with van der Waals surface area (Å²) in [5, 5.41) is 0.435. The molecule has 2 aromatic rings. The van der Waals surface area contributed by atoms with E-state index < -0.39 is 5.97 Å². The normalized spacial score (nSPS) is 10.5. The summed E-state index contributed by atoms with van der Waals surface area (Å²) < 4.78 is 11.3. The van der Waals surface area contributed by atoms with Gasteiger partial charge in [-0.15, -0.1) is 0 Å². The Hall–Kier alpha value is -1.34. The van der Waals surface area contributed by atoms with Crippen LogP contribution in [-0.2, 0) is 4.74 Å². The highest BCUT2D eigenvalue weighted by Crippen LogP contribution is 2.39. The van der Waals surface area contributed by atoms with Gasteiger partial charge in [-0.2, -0.15) is 0 Å². The molecule has 0 saturated carbocycles. The number of hydrogen-bond donors (Lipinski definition) is 1. The van der Waals surface area contributed by atoms with Crippen LogP contribution in [0.25, 0.3) is 10.2 Å². The fourth-order valence-electron chi connectivity index (χ4n) is 1.49. The maximum atomic E-state index is 11.6. The Kier molecular flexibility index (Phi) is 3.21. The van der Waals surface area contributed by atoms with E-state index in [0.29, 0.717) is 26.4 Å². The molecule has 0 saturated heterocycles. The first kappa shape index (κ1) is 12.1. The number of carbonyl (C=O) groups is 1. The third-order valence-corrected chi connectivity index (χ3v) is 3.77. The van der Waals surface area contributed by atoms with Gasteiger partial charge >= 0.3 is 5.97 Å². The van der Waals surface area contributed by atoms with Crippen LogP contribution in [0.4, 0.5) is 5.13 Å². The van der Waals surface area contributed by atoms with E-state index in [1.54, 1.807) is 6.07 Å². The summed E-state index contributed by atoms with van der Waals surface area (Å²) >= 11 is 4.66. The lowest BCUT2D eigenvalue weighted by molar-refractivity contribution is 0.0597. The highest BCUT2D eigenvalue weighted by atomic mass is 79.9. The predicted octanol–water partition coefficient (Wildman–Crippen LogP) is 2.44. The van der Waals surface area contributed by atoms with Gasteiger partial charge in [-0.25, -0.2) is 9.78 Å². The van der Waals surface area contributed by atoms with Gasteiger partial charge in [0, 0.05) is 0 Å². The molecule has 0 aliphatic rings. The monoisotopic (exact) mass is 316 g/mol. The molecule has 0 amide bonds. The van der Waals surface area contributed by atoms with Crippen LogP contribution in [0.3, 0.4) is 0 Å². The van der Waals surface area contributed by atoms with Gasteiger partial charge in [0.15, 0.2) is 5.13 Å². The number of hydrogen-bond acceptors (Lipinski definition) is 6. The third kappa shape index (κ3) is 1.96. The predicted molar refractivity (Wildman–Crippen MR) is 69.6 cm³/mol. The number of aromatic nitrogens is 1. The number of nitrogens with zero attached hydrogens (tertiary/aromatic N) is 1. The van der Waals surface area contributed by atoms with Crippen molar-refractivity contribution < 1.29 is 14.3 Å². The second kappa shape index (κ2) is 4.50. The first-order valence-corrected chi connectivity index (χ1v) is 6.20. The summed E-state index contributed by atoms with van der Waals surface area (Å²) in [4.78, 5) is 15.8. The van der Waals surface area contributed by atoms with E-state index in [2.05, 4.69) is 20.9 Å². The second-order valence-electron chi connectivity index (χ2n) is 3.16. The van der Waals surface area contributed by atoms with E-state index in [0.717, 1.165) is 4.70 Å². The molecule has 0 spiro atoms. The number of anilines is 1. The quantitative estimate of drug-likeness (QED) is 0.861. The Labute approximate surface area is 110 Å². The van der Waals surface area contributed by atoms with Crippen molar-refractivity contribution in [2.45, 2.75) is 0 Å². The second-order valence-corrected chi connectivity index (χ2v) is 5.02. The molecule has 0 aliphatic heterocycles. The van der Waals surface area contributed by atoms with Crippen LogP contribution in [0.1, 0.15) is 10.4 Å². The maximum absolute atomic E-state index is 11.6. The first-order chi connectivity index (χ1) is 8.08. The molecular weight excluding hydrogens is 308 g/mol. The van der Waals surface area contributed by atoms with E-state index >= 15 is 0 Å². The number of halogens is 1. The van der Waals surface area contributed by atoms with Gasteiger partial charge in [-0.3, -0.25) is 0 Å². The number of carbonyl (C=O) groups excluding carboxylic acids is 1. The van der Waals surface area contributed by atoms with Crippen LogP contribution in [0.15, 0.2) is 10.5 Å². The number of rotatable bonds is 2. The largest absolute Gasteiger partial charge is 0.495 e. The Bertz CT molecular complexity index is 597. The number of benzene rings is 1. The Morgan fingerprint density at radius 2 is 2.24 bits per heavy atom. The fraction of sp³-hybridized carbons (Fsp3) is 0.200. The standard InChI is InChI=1S/C10H9BrN2O3S/c1-15-8-4(9(14)16-2)3-5-7(6(8)11)13-10(12)17-5/h3H,1-2H3,(H2,12,13). The smallest absolute Gasteiger partial charge is 0.341 e. The molecule has 2 N–H and O–H groups in total. The van der Waals surface area contributed by atoms with Gasteiger partial charge in [0.2, 0.25) is 0 Å². The molecule has 1 aromatic heterocycles. The molecule has 0 fully saturated rings. The molecule has 2 rings (SSSR count). The average molecular weight is 317 g/mol. The van der Waals surface area contributed by atoms with Crippen molar-refractivity contribution in [2.75, 3.05) is 20.0 Å². The van der Waals surface area contributed by atoms with Gasteiger partial charge in [0.25, 0.3) is 0 Å². The zero-order valence-electron chi connectivity index (χ0n) is 9.11. The summed E-state index contributed by atoms with van der Waals surface area (Å²) in [5.41, 5.74) is 6.66. The van der Waals surface area contributed by atoms with Crippen LogP contribution in [0.5, 0.6) is 5.75 Å². The maximum Gasteiger partial charge on any atom is 0.341 e. The lowest BCUT2D eigenvalue weighted by Gasteiger charge is -2.08. The summed E-state index contributed by atoms with van der Waals surface area (Å²) in [6.07, 6.45) is 0. The van der Waals surface area contributed by atoms with E-state index in [4.69, 9.17) is 15.2 Å². The highest BCUT2D eigenvalue weighted by molar-refractivity contribution is 9.10. The van der Waals surface area contributed by atoms with E-state index in [1.807, 2.05) is 0 Å². The molecule has 1 aromatic carbocycles. The number of nitrogens with two attached hydrogens (primary N) is 1. The Balaban J connectivity index is 2.78. The topological polar surface area (TPSA) is 74.4 Å². The molecule has 0 bridgehead atoms. The number of fused-ring (bicyclic) bond motifs is 1. The lowest BCUT2D eigenvalue weighted by Crippen LogP contribution is -2.04. The molecular formula is C10H9BrN2O3S. The van der Waals surface area contributed by atoms with Crippen LogP contribution < -0.4 is 10.5 Å². The lowest BCUT2D eigenvalue weighted by atomic mass is 10.2. The number of nitrogen functional groups attached to an aromatic ring is 1. The molecule has 5 nitrogen and oxygen atoms in total. The third-order valence-electron chi connectivity index (χ3n) is 2.21. The number of esters is 1. The van der Waals surface area contributed by atoms with Crippen molar-refractivity contribution in [3.8, 4) is 5.75 Å². The number of thiazole rings is 1. The van der Waals surface area contributed by atoms with Crippen LogP contribution in [0, 0.1) is 0 Å². The summed E-state index contributed by atoms with van der Waals surface area (Å²) in [5.74, 6) is -0.0638. The van der Waals surface area contributed by atoms with E-state index in [-0.39, 0.29) is 0 Å². The summed E-state index contributed by atoms with van der Waals surface area (Å²) in [6.45, 7) is 0. The van der Waals surface area contributed by atoms with Crippen molar-refractivity contribution in [3.05, 3.63) is 16.1 Å². The molecule has 90 valence electrons. The minimum atomic E-state index is -0.462. The number of methoxy groups -OCH3 is 2. The minimum Gasteiger partial charge on any atom is -0.495 e. The zero-order valence-corrected chi connectivity index (χ0v) is 11.5. The van der Waals surface area contributed by atoms with Gasteiger partial charge in [-0.1, -0.05) is 11.3 Å². The van der Waals surface area contributed by atoms with Gasteiger partial charge in [0.1, 0.15) is 16.8 Å². The van der Waals surface area contributed by atoms with Gasteiger partial charge in [-0.05, 0) is 22.0 Å². The molecule has 17 heavy (non-hydrogen) atoms. The zero-order chi connectivity index (χ0) is 12.6. The van der Waals surface area contributed by atoms with Gasteiger partial charge in [0.05, 0.1) is 23.4 Å². The Morgan fingerprint density at radius 3 is 2.82 bits per heavy atom. The number of ether oxygens (including phenoxy) is 2. The molecule has 0 aliphatic carbocycles. The fourth-order valence-corrected chi connectivity index (χ4v) is 3.08. The van der Waals surface area contributed by atoms with Crippen LogP contribution in [0.2, 0.25) is 0 Å². The van der Waals surface area contributed by atoms with Gasteiger partial charge < -0.3 is 15.2 Å². The minimum absolute atomic E-state index is 0.345. The Morgan fingerprint density at radius 1 is 1.53 bits per heavy atom. The van der Waals surface area contributed by atoms with Crippen molar-refractivity contribution in [1.82, 2.24) is 4.98 Å². The molecule has 0 atom stereocenters. The SMILES string of the molecule is COC(=O)c1cc2sc(N)nc2c(Br)c1OC. The van der Waals surface area contributed by atoms with Crippen molar-refractivity contribution >= 4 is 48.6 Å². The molecule has 7 heteroatoms. The highest BCUT2D eigenvalue weighted by Gasteiger charge is 2.20. The summed E-state index contributed by atoms with van der Waals surface area (Å²) in [7, 11) is 2.80. The van der Waals surface area contributed by atoms with Crippen LogP contribution >= 0.6 is 27.3 Å². The molecule has 0 radical (unpaired) electrons. The molecule has 1 heterocycles. The first-order valence-electron chi connectivity index (χ1n) is 4.59. The summed E-state index contributed by atoms with van der Waals surface area (Å²) in [6, 6.07) is 1.67. The molecule has 0 unspecified atom stereocenters. The van der Waals surface area contributed by atoms with Crippen LogP contribution in [-0.4, -0.2) is 25.2 Å². The van der Waals surface area contributed by atoms with E-state index in [9.17, 15) is 4.79 Å². The average Bonchev–Trinajstić information content (AvgIpc) is 2.69.